The molecule has 21 heavy (non-hydrogen) atoms. The molecule has 0 amide bonds. The van der Waals surface area contributed by atoms with E-state index < -0.39 is 5.82 Å². The maximum Gasteiger partial charge on any atom is 0.171 e. The monoisotopic (exact) mass is 328 g/mol. The van der Waals surface area contributed by atoms with Crippen molar-refractivity contribution in [3.05, 3.63) is 51.0 Å². The molecule has 0 fully saturated rings. The van der Waals surface area contributed by atoms with Crippen molar-refractivity contribution in [2.75, 3.05) is 0 Å². The van der Waals surface area contributed by atoms with Crippen molar-refractivity contribution in [2.45, 2.75) is 33.2 Å². The summed E-state index contributed by atoms with van der Waals surface area (Å²) in [6, 6.07) is 4.38. The summed E-state index contributed by atoms with van der Waals surface area (Å²) in [5, 5.41) is 4.76. The van der Waals surface area contributed by atoms with Gasteiger partial charge >= 0.3 is 0 Å². The Morgan fingerprint density at radius 3 is 2.67 bits per heavy atom. The summed E-state index contributed by atoms with van der Waals surface area (Å²) >= 11 is 12.0. The summed E-state index contributed by atoms with van der Waals surface area (Å²) < 4.78 is 15.6. The summed E-state index contributed by atoms with van der Waals surface area (Å²) in [6.07, 6.45) is 0.676. The van der Waals surface area contributed by atoms with Crippen molar-refractivity contribution in [3.63, 3.8) is 0 Å². The largest absolute Gasteiger partial charge is 0.294 e. The van der Waals surface area contributed by atoms with Crippen LogP contribution in [0.25, 0.3) is 0 Å². The van der Waals surface area contributed by atoms with E-state index in [2.05, 4.69) is 5.10 Å². The van der Waals surface area contributed by atoms with Gasteiger partial charge in [0.15, 0.2) is 11.6 Å². The van der Waals surface area contributed by atoms with Crippen molar-refractivity contribution in [1.29, 1.82) is 0 Å². The second-order valence-electron chi connectivity index (χ2n) is 4.58. The number of hydrogen-bond donors (Lipinski definition) is 0. The zero-order chi connectivity index (χ0) is 15.6. The molecule has 0 unspecified atom stereocenters. The minimum Gasteiger partial charge on any atom is -0.294 e. The van der Waals surface area contributed by atoms with Gasteiger partial charge in [-0.15, -0.1) is 0 Å². The molecule has 1 aromatic heterocycles. The lowest BCUT2D eigenvalue weighted by molar-refractivity contribution is 0.0986. The number of Topliss-reactive ketones (excluding diaryl/α,β-unsaturated/α-hetero) is 1. The van der Waals surface area contributed by atoms with Gasteiger partial charge in [-0.05, 0) is 25.5 Å². The number of carbonyl (C=O) groups excluding carboxylic acids is 1. The van der Waals surface area contributed by atoms with Crippen LogP contribution in [0.5, 0.6) is 0 Å². The number of carbonyl (C=O) groups is 1. The number of aromatic nitrogens is 2. The molecule has 6 heteroatoms. The molecule has 0 aliphatic rings. The maximum absolute atomic E-state index is 13.9. The zero-order valence-corrected chi connectivity index (χ0v) is 13.3. The number of halogens is 3. The minimum absolute atomic E-state index is 0.00304. The van der Waals surface area contributed by atoms with Gasteiger partial charge in [-0.25, -0.2) is 4.39 Å². The first-order valence-corrected chi connectivity index (χ1v) is 7.46. The molecular weight excluding hydrogens is 314 g/mol. The van der Waals surface area contributed by atoms with Crippen LogP contribution in [-0.4, -0.2) is 15.6 Å². The van der Waals surface area contributed by atoms with E-state index in [1.165, 1.54) is 12.1 Å². The van der Waals surface area contributed by atoms with Gasteiger partial charge in [0.2, 0.25) is 0 Å². The standard InChI is InChI=1S/C15H15Cl2FN2O/c1-3-11-14(17)12(20(4-2)19-11)8-13(21)9-6-5-7-10(16)15(9)18/h5-7H,3-4,8H2,1-2H3. The van der Waals surface area contributed by atoms with Crippen LogP contribution in [0.3, 0.4) is 0 Å². The molecule has 0 spiro atoms. The van der Waals surface area contributed by atoms with Gasteiger partial charge in [-0.3, -0.25) is 9.48 Å². The van der Waals surface area contributed by atoms with E-state index >= 15 is 0 Å². The molecule has 0 N–H and O–H groups in total. The molecule has 0 radical (unpaired) electrons. The van der Waals surface area contributed by atoms with Crippen LogP contribution in [0.2, 0.25) is 10.0 Å². The van der Waals surface area contributed by atoms with E-state index in [0.717, 1.165) is 5.69 Å². The Bertz CT molecular complexity index is 683. The fraction of sp³-hybridized carbons (Fsp3) is 0.333. The highest BCUT2D eigenvalue weighted by atomic mass is 35.5. The molecule has 0 aliphatic heterocycles. The highest BCUT2D eigenvalue weighted by Gasteiger charge is 2.20. The lowest BCUT2D eigenvalue weighted by atomic mass is 10.1. The van der Waals surface area contributed by atoms with E-state index in [-0.39, 0.29) is 22.8 Å². The number of benzene rings is 1. The third kappa shape index (κ3) is 3.11. The lowest BCUT2D eigenvalue weighted by Crippen LogP contribution is -2.11. The molecular formula is C15H15Cl2FN2O. The zero-order valence-electron chi connectivity index (χ0n) is 11.8. The van der Waals surface area contributed by atoms with Gasteiger partial charge in [0, 0.05) is 6.54 Å². The first-order chi connectivity index (χ1) is 9.99. The molecule has 0 atom stereocenters. The average molecular weight is 329 g/mol. The number of nitrogens with zero attached hydrogens (tertiary/aromatic N) is 2. The van der Waals surface area contributed by atoms with E-state index in [0.29, 0.717) is 23.7 Å². The number of rotatable bonds is 5. The molecule has 0 bridgehead atoms. The third-order valence-corrected chi connectivity index (χ3v) is 4.00. The first-order valence-electron chi connectivity index (χ1n) is 6.70. The van der Waals surface area contributed by atoms with Crippen molar-refractivity contribution in [2.24, 2.45) is 0 Å². The highest BCUT2D eigenvalue weighted by Crippen LogP contribution is 2.25. The van der Waals surface area contributed by atoms with Crippen molar-refractivity contribution >= 4 is 29.0 Å². The Labute approximate surface area is 132 Å². The van der Waals surface area contributed by atoms with E-state index in [1.54, 1.807) is 10.7 Å². The SMILES string of the molecule is CCc1nn(CC)c(CC(=O)c2cccc(Cl)c2F)c1Cl. The summed E-state index contributed by atoms with van der Waals surface area (Å²) in [7, 11) is 0. The minimum atomic E-state index is -0.696. The van der Waals surface area contributed by atoms with Gasteiger partial charge in [0.25, 0.3) is 0 Å². The quantitative estimate of drug-likeness (QED) is 0.765. The van der Waals surface area contributed by atoms with Crippen LogP contribution in [-0.2, 0) is 19.4 Å². The van der Waals surface area contributed by atoms with Gasteiger partial charge in [0.05, 0.1) is 33.4 Å². The molecule has 0 saturated carbocycles. The second-order valence-corrected chi connectivity index (χ2v) is 5.36. The Morgan fingerprint density at radius 2 is 2.05 bits per heavy atom. The van der Waals surface area contributed by atoms with Crippen LogP contribution in [0, 0.1) is 5.82 Å². The summed E-state index contributed by atoms with van der Waals surface area (Å²) in [5.74, 6) is -1.06. The molecule has 0 aliphatic carbocycles. The number of aryl methyl sites for hydroxylation is 2. The van der Waals surface area contributed by atoms with Crippen molar-refractivity contribution in [3.8, 4) is 0 Å². The first kappa shape index (κ1) is 16.0. The van der Waals surface area contributed by atoms with Gasteiger partial charge < -0.3 is 0 Å². The second kappa shape index (κ2) is 6.58. The maximum atomic E-state index is 13.9. The van der Waals surface area contributed by atoms with Crippen LogP contribution >= 0.6 is 23.2 Å². The van der Waals surface area contributed by atoms with E-state index in [9.17, 15) is 9.18 Å². The topological polar surface area (TPSA) is 34.9 Å². The van der Waals surface area contributed by atoms with E-state index in [1.807, 2.05) is 13.8 Å². The predicted octanol–water partition coefficient (Wildman–Crippen LogP) is 4.34. The molecule has 2 rings (SSSR count). The predicted molar refractivity (Wildman–Crippen MR) is 81.7 cm³/mol. The Morgan fingerprint density at radius 1 is 1.33 bits per heavy atom. The fourth-order valence-electron chi connectivity index (χ4n) is 2.15. The smallest absolute Gasteiger partial charge is 0.171 e. The number of ketones is 1. The molecule has 3 nitrogen and oxygen atoms in total. The van der Waals surface area contributed by atoms with Crippen LogP contribution in [0.4, 0.5) is 4.39 Å². The highest BCUT2D eigenvalue weighted by molar-refractivity contribution is 6.32. The van der Waals surface area contributed by atoms with Crippen LogP contribution < -0.4 is 0 Å². The molecule has 1 aromatic carbocycles. The van der Waals surface area contributed by atoms with E-state index in [4.69, 9.17) is 23.2 Å². The Balaban J connectivity index is 2.36. The van der Waals surface area contributed by atoms with Gasteiger partial charge in [-0.1, -0.05) is 36.2 Å². The van der Waals surface area contributed by atoms with Gasteiger partial charge in [-0.2, -0.15) is 5.10 Å². The van der Waals surface area contributed by atoms with Crippen LogP contribution in [0.15, 0.2) is 18.2 Å². The molecule has 0 saturated heterocycles. The lowest BCUT2D eigenvalue weighted by Gasteiger charge is -2.06. The summed E-state index contributed by atoms with van der Waals surface area (Å²) in [6.45, 7) is 4.45. The number of hydrogen-bond acceptors (Lipinski definition) is 2. The van der Waals surface area contributed by atoms with Crippen molar-refractivity contribution in [1.82, 2.24) is 9.78 Å². The Hall–Kier alpha value is -1.39. The van der Waals surface area contributed by atoms with Crippen molar-refractivity contribution < 1.29 is 9.18 Å². The van der Waals surface area contributed by atoms with Crippen LogP contribution in [0.1, 0.15) is 35.6 Å². The Kier molecular flexibility index (Phi) is 5.01. The summed E-state index contributed by atoms with van der Waals surface area (Å²) in [5.41, 5.74) is 1.33. The average Bonchev–Trinajstić information content (AvgIpc) is 2.78. The fourth-order valence-corrected chi connectivity index (χ4v) is 2.66. The third-order valence-electron chi connectivity index (χ3n) is 3.27. The molecule has 112 valence electrons. The van der Waals surface area contributed by atoms with Gasteiger partial charge in [0.1, 0.15) is 0 Å². The molecule has 1 heterocycles. The normalized spacial score (nSPS) is 10.9. The summed E-state index contributed by atoms with van der Waals surface area (Å²) in [4.78, 5) is 12.3. The molecule has 2 aromatic rings.